The first-order chi connectivity index (χ1) is 19.6. The van der Waals surface area contributed by atoms with Crippen LogP contribution in [-0.4, -0.2) is 68.3 Å². The van der Waals surface area contributed by atoms with E-state index in [-0.39, 0.29) is 38.6 Å². The molecule has 1 heterocycles. The van der Waals surface area contributed by atoms with Gasteiger partial charge in [0.2, 0.25) is 6.29 Å². The normalized spacial score (nSPS) is 22.6. The van der Waals surface area contributed by atoms with Gasteiger partial charge in [-0.1, -0.05) is 13.3 Å². The zero-order valence-electron chi connectivity index (χ0n) is 26.9. The van der Waals surface area contributed by atoms with Crippen LogP contribution in [-0.2, 0) is 42.9 Å². The molecule has 1 aliphatic heterocycles. The number of carboxylic acids is 1. The highest BCUT2D eigenvalue weighted by Crippen LogP contribution is 2.49. The Morgan fingerprint density at radius 1 is 0.738 bits per heavy atom. The Morgan fingerprint density at radius 2 is 1.36 bits per heavy atom. The predicted molar refractivity (Wildman–Crippen MR) is 155 cm³/mol. The molecule has 1 saturated heterocycles. The second-order valence-corrected chi connectivity index (χ2v) is 13.8. The van der Waals surface area contributed by atoms with E-state index in [4.69, 9.17) is 23.7 Å². The summed E-state index contributed by atoms with van der Waals surface area (Å²) in [6, 6.07) is 0. The van der Waals surface area contributed by atoms with Crippen molar-refractivity contribution >= 4 is 23.9 Å². The first kappa shape index (κ1) is 36.0. The van der Waals surface area contributed by atoms with Crippen LogP contribution in [0.15, 0.2) is 0 Å². The zero-order chi connectivity index (χ0) is 31.6. The summed E-state index contributed by atoms with van der Waals surface area (Å²) < 4.78 is 27.7. The molecular formula is C32H54O10. The van der Waals surface area contributed by atoms with E-state index in [1.165, 1.54) is 7.11 Å². The van der Waals surface area contributed by atoms with Gasteiger partial charge in [-0.2, -0.15) is 0 Å². The van der Waals surface area contributed by atoms with Crippen LogP contribution in [0.1, 0.15) is 119 Å². The maximum absolute atomic E-state index is 13.6. The van der Waals surface area contributed by atoms with Crippen molar-refractivity contribution in [1.29, 1.82) is 0 Å². The Kier molecular flexibility index (Phi) is 13.3. The molecule has 1 N–H and O–H groups in total. The number of methoxy groups -OCH3 is 1. The van der Waals surface area contributed by atoms with Gasteiger partial charge in [0.05, 0.1) is 34.9 Å². The van der Waals surface area contributed by atoms with Crippen LogP contribution in [0.3, 0.4) is 0 Å². The SMILES string of the molecule is CCC(C)(CC(C)(CC(C)(CC(C)(C)C(=O)OC1CCCCC1)C(=O)OCCOC)C(=O)O)C(=O)OC1CCCCO1. The Balaban J connectivity index is 2.33. The number of rotatable bonds is 16. The fourth-order valence-corrected chi connectivity index (χ4v) is 6.48. The van der Waals surface area contributed by atoms with E-state index >= 15 is 0 Å². The number of carbonyl (C=O) groups is 4. The average molecular weight is 599 g/mol. The third kappa shape index (κ3) is 9.93. The van der Waals surface area contributed by atoms with Gasteiger partial charge in [-0.3, -0.25) is 19.2 Å². The lowest BCUT2D eigenvalue weighted by Crippen LogP contribution is -2.47. The molecule has 242 valence electrons. The number of hydrogen-bond acceptors (Lipinski definition) is 9. The van der Waals surface area contributed by atoms with Crippen molar-refractivity contribution < 1.29 is 48.0 Å². The molecule has 4 unspecified atom stereocenters. The van der Waals surface area contributed by atoms with Crippen LogP contribution in [0.4, 0.5) is 0 Å². The summed E-state index contributed by atoms with van der Waals surface area (Å²) in [5, 5.41) is 10.5. The van der Waals surface area contributed by atoms with Crippen LogP contribution < -0.4 is 0 Å². The molecule has 4 atom stereocenters. The van der Waals surface area contributed by atoms with Crippen molar-refractivity contribution in [3.05, 3.63) is 0 Å². The van der Waals surface area contributed by atoms with E-state index in [1.807, 2.05) is 6.92 Å². The summed E-state index contributed by atoms with van der Waals surface area (Å²) >= 11 is 0. The van der Waals surface area contributed by atoms with Gasteiger partial charge < -0.3 is 28.8 Å². The molecule has 0 bridgehead atoms. The fraction of sp³-hybridized carbons (Fsp3) is 0.875. The number of carbonyl (C=O) groups excluding carboxylic acids is 3. The van der Waals surface area contributed by atoms with Crippen LogP contribution in [0, 0.1) is 21.7 Å². The van der Waals surface area contributed by atoms with Crippen molar-refractivity contribution in [3.63, 3.8) is 0 Å². The maximum atomic E-state index is 13.6. The van der Waals surface area contributed by atoms with E-state index < -0.39 is 51.8 Å². The summed E-state index contributed by atoms with van der Waals surface area (Å²) in [4.78, 5) is 53.3. The molecule has 2 fully saturated rings. The van der Waals surface area contributed by atoms with Crippen molar-refractivity contribution in [2.24, 2.45) is 21.7 Å². The first-order valence-corrected chi connectivity index (χ1v) is 15.5. The van der Waals surface area contributed by atoms with Crippen LogP contribution in [0.5, 0.6) is 0 Å². The molecule has 2 rings (SSSR count). The van der Waals surface area contributed by atoms with Crippen molar-refractivity contribution in [1.82, 2.24) is 0 Å². The van der Waals surface area contributed by atoms with Crippen molar-refractivity contribution in [3.8, 4) is 0 Å². The molecule has 2 aliphatic rings. The van der Waals surface area contributed by atoms with Gasteiger partial charge in [-0.05, 0) is 98.8 Å². The molecule has 0 radical (unpaired) electrons. The molecule has 10 nitrogen and oxygen atoms in total. The summed E-state index contributed by atoms with van der Waals surface area (Å²) in [7, 11) is 1.49. The number of hydrogen-bond donors (Lipinski definition) is 1. The van der Waals surface area contributed by atoms with Crippen molar-refractivity contribution in [2.75, 3.05) is 26.9 Å². The second-order valence-electron chi connectivity index (χ2n) is 13.8. The third-order valence-electron chi connectivity index (χ3n) is 8.95. The monoisotopic (exact) mass is 598 g/mol. The summed E-state index contributed by atoms with van der Waals surface area (Å²) in [6.45, 7) is 10.8. The number of aliphatic carboxylic acids is 1. The molecular weight excluding hydrogens is 544 g/mol. The quantitative estimate of drug-likeness (QED) is 0.131. The van der Waals surface area contributed by atoms with Crippen LogP contribution in [0.2, 0.25) is 0 Å². The minimum Gasteiger partial charge on any atom is -0.481 e. The van der Waals surface area contributed by atoms with Gasteiger partial charge in [0.15, 0.2) is 0 Å². The second kappa shape index (κ2) is 15.5. The highest BCUT2D eigenvalue weighted by molar-refractivity contribution is 5.83. The Hall–Kier alpha value is -2.20. The van der Waals surface area contributed by atoms with Crippen LogP contribution in [0.25, 0.3) is 0 Å². The van der Waals surface area contributed by atoms with E-state index in [1.54, 1.807) is 34.6 Å². The summed E-state index contributed by atoms with van der Waals surface area (Å²) in [5.74, 6) is -2.72. The molecule has 10 heteroatoms. The Bertz CT molecular complexity index is 920. The first-order valence-electron chi connectivity index (χ1n) is 15.5. The minimum absolute atomic E-state index is 0.00341. The number of esters is 3. The van der Waals surface area contributed by atoms with Gasteiger partial charge >= 0.3 is 23.9 Å². The van der Waals surface area contributed by atoms with Crippen molar-refractivity contribution in [2.45, 2.75) is 131 Å². The summed E-state index contributed by atoms with van der Waals surface area (Å²) in [6.07, 6.45) is 6.43. The zero-order valence-corrected chi connectivity index (χ0v) is 26.9. The molecule has 1 saturated carbocycles. The lowest BCUT2D eigenvalue weighted by Gasteiger charge is -2.42. The van der Waals surface area contributed by atoms with Gasteiger partial charge in [0.1, 0.15) is 12.7 Å². The maximum Gasteiger partial charge on any atom is 0.314 e. The smallest absolute Gasteiger partial charge is 0.314 e. The van der Waals surface area contributed by atoms with E-state index in [9.17, 15) is 24.3 Å². The Labute approximate surface area is 251 Å². The van der Waals surface area contributed by atoms with Gasteiger partial charge in [0.25, 0.3) is 0 Å². The van der Waals surface area contributed by atoms with E-state index in [2.05, 4.69) is 0 Å². The Morgan fingerprint density at radius 3 is 1.90 bits per heavy atom. The molecule has 0 amide bonds. The molecule has 0 aromatic rings. The molecule has 0 aromatic carbocycles. The largest absolute Gasteiger partial charge is 0.481 e. The molecule has 0 aromatic heterocycles. The highest BCUT2D eigenvalue weighted by Gasteiger charge is 2.53. The highest BCUT2D eigenvalue weighted by atomic mass is 16.7. The fourth-order valence-electron chi connectivity index (χ4n) is 6.48. The number of carboxylic acid groups (broad SMARTS) is 1. The number of ether oxygens (including phenoxy) is 5. The minimum atomic E-state index is -1.53. The molecule has 42 heavy (non-hydrogen) atoms. The van der Waals surface area contributed by atoms with Gasteiger partial charge in [-0.25, -0.2) is 0 Å². The standard InChI is InChI=1S/C32H54O10/c1-8-30(4,28(37)42-24-16-12-13-17-39-24)21-31(5,25(33)34)22-32(6,27(36)40-19-18-38-7)20-29(2,3)26(35)41-23-14-10-9-11-15-23/h23-24H,8-22H2,1-7H3,(H,33,34). The van der Waals surface area contributed by atoms with Gasteiger partial charge in [0, 0.05) is 13.5 Å². The van der Waals surface area contributed by atoms with E-state index in [0.717, 1.165) is 44.9 Å². The predicted octanol–water partition coefficient (Wildman–Crippen LogP) is 5.83. The molecule has 1 aliphatic carbocycles. The lowest BCUT2D eigenvalue weighted by molar-refractivity contribution is -0.199. The lowest BCUT2D eigenvalue weighted by atomic mass is 9.61. The third-order valence-corrected chi connectivity index (χ3v) is 8.95. The van der Waals surface area contributed by atoms with Crippen LogP contribution >= 0.6 is 0 Å². The van der Waals surface area contributed by atoms with E-state index in [0.29, 0.717) is 19.4 Å². The van der Waals surface area contributed by atoms with Gasteiger partial charge in [-0.15, -0.1) is 0 Å². The average Bonchev–Trinajstić information content (AvgIpc) is 2.93. The topological polar surface area (TPSA) is 135 Å². The molecule has 0 spiro atoms. The summed E-state index contributed by atoms with van der Waals surface area (Å²) in [5.41, 5.74) is -5.17.